The number of alkyl halides is 2. The molecule has 1 aromatic rings. The summed E-state index contributed by atoms with van der Waals surface area (Å²) in [6.07, 6.45) is 2.67. The van der Waals surface area contributed by atoms with Crippen LogP contribution in [-0.4, -0.2) is 15.7 Å². The summed E-state index contributed by atoms with van der Waals surface area (Å²) in [5.41, 5.74) is -1.60. The zero-order chi connectivity index (χ0) is 12.6. The van der Waals surface area contributed by atoms with E-state index in [4.69, 9.17) is 0 Å². The zero-order valence-electron chi connectivity index (χ0n) is 9.96. The summed E-state index contributed by atoms with van der Waals surface area (Å²) in [5, 5.41) is 9.45. The molecule has 1 rings (SSSR count). The molecule has 0 saturated carbocycles. The van der Waals surface area contributed by atoms with Crippen molar-refractivity contribution in [2.24, 2.45) is 0 Å². The molecule has 0 unspecified atom stereocenters. The lowest BCUT2D eigenvalue weighted by molar-refractivity contribution is -0.168. The molecule has 0 bridgehead atoms. The molecule has 0 aliphatic heterocycles. The largest absolute Gasteiger partial charge is 0.384 e. The van der Waals surface area contributed by atoms with E-state index in [0.29, 0.717) is 0 Å². The van der Waals surface area contributed by atoms with Crippen molar-refractivity contribution in [3.8, 4) is 0 Å². The van der Waals surface area contributed by atoms with Gasteiger partial charge in [-0.1, -0.05) is 13.8 Å². The Morgan fingerprint density at radius 2 is 1.81 bits per heavy atom. The molecule has 2 nitrogen and oxygen atoms in total. The van der Waals surface area contributed by atoms with Crippen LogP contribution >= 0.6 is 0 Å². The zero-order valence-corrected chi connectivity index (χ0v) is 9.96. The van der Waals surface area contributed by atoms with E-state index in [1.54, 1.807) is 6.20 Å². The minimum absolute atomic E-state index is 0.130. The fourth-order valence-corrected chi connectivity index (χ4v) is 1.30. The van der Waals surface area contributed by atoms with Crippen molar-refractivity contribution in [3.05, 3.63) is 29.6 Å². The van der Waals surface area contributed by atoms with Crippen LogP contribution in [0, 0.1) is 0 Å². The molecule has 0 aliphatic rings. The SMILES string of the molecule is CC(C)c1cncc(C(F)(F)C(C)(C)O)c1. The van der Waals surface area contributed by atoms with Gasteiger partial charge in [-0.25, -0.2) is 0 Å². The van der Waals surface area contributed by atoms with Gasteiger partial charge in [0.05, 0.1) is 0 Å². The predicted octanol–water partition coefficient (Wildman–Crippen LogP) is 3.07. The van der Waals surface area contributed by atoms with Crippen LogP contribution in [0.1, 0.15) is 44.7 Å². The van der Waals surface area contributed by atoms with Crippen molar-refractivity contribution >= 4 is 0 Å². The number of hydrogen-bond acceptors (Lipinski definition) is 2. The fraction of sp³-hybridized carbons (Fsp3) is 0.583. The van der Waals surface area contributed by atoms with Crippen LogP contribution in [0.5, 0.6) is 0 Å². The normalized spacial score (nSPS) is 13.2. The summed E-state index contributed by atoms with van der Waals surface area (Å²) in [7, 11) is 0. The summed E-state index contributed by atoms with van der Waals surface area (Å²) >= 11 is 0. The van der Waals surface area contributed by atoms with Crippen LogP contribution in [0.15, 0.2) is 18.5 Å². The van der Waals surface area contributed by atoms with E-state index in [-0.39, 0.29) is 11.5 Å². The highest BCUT2D eigenvalue weighted by Gasteiger charge is 2.47. The molecular weight excluding hydrogens is 212 g/mol. The second-order valence-electron chi connectivity index (χ2n) is 4.80. The first-order valence-electron chi connectivity index (χ1n) is 5.22. The second kappa shape index (κ2) is 4.09. The van der Waals surface area contributed by atoms with Gasteiger partial charge in [0.2, 0.25) is 0 Å². The second-order valence-corrected chi connectivity index (χ2v) is 4.80. The van der Waals surface area contributed by atoms with Crippen molar-refractivity contribution in [2.45, 2.75) is 45.1 Å². The number of rotatable bonds is 3. The molecule has 0 fully saturated rings. The molecule has 0 aromatic carbocycles. The Morgan fingerprint density at radius 3 is 2.25 bits per heavy atom. The van der Waals surface area contributed by atoms with Crippen LogP contribution in [-0.2, 0) is 5.92 Å². The van der Waals surface area contributed by atoms with E-state index in [9.17, 15) is 13.9 Å². The average Bonchev–Trinajstić information content (AvgIpc) is 2.16. The van der Waals surface area contributed by atoms with Gasteiger partial charge in [0.25, 0.3) is 0 Å². The van der Waals surface area contributed by atoms with E-state index in [1.165, 1.54) is 6.07 Å². The highest BCUT2D eigenvalue weighted by atomic mass is 19.3. The standard InChI is InChI=1S/C12H17F2NO/c1-8(2)9-5-10(7-15-6-9)12(13,14)11(3,4)16/h5-8,16H,1-4H3. The van der Waals surface area contributed by atoms with Gasteiger partial charge in [-0.05, 0) is 31.4 Å². The molecule has 1 N–H and O–H groups in total. The Hall–Kier alpha value is -1.03. The van der Waals surface area contributed by atoms with Crippen LogP contribution in [0.3, 0.4) is 0 Å². The molecule has 0 radical (unpaired) electrons. The quantitative estimate of drug-likeness (QED) is 0.864. The first-order valence-corrected chi connectivity index (χ1v) is 5.22. The molecule has 0 saturated heterocycles. The summed E-state index contributed by atoms with van der Waals surface area (Å²) in [5.74, 6) is -3.17. The van der Waals surface area contributed by atoms with Crippen LogP contribution in [0.4, 0.5) is 8.78 Å². The smallest absolute Gasteiger partial charge is 0.302 e. The highest BCUT2D eigenvalue weighted by molar-refractivity contribution is 5.26. The van der Waals surface area contributed by atoms with E-state index < -0.39 is 11.5 Å². The first-order chi connectivity index (χ1) is 7.16. The fourth-order valence-electron chi connectivity index (χ4n) is 1.30. The lowest BCUT2D eigenvalue weighted by Crippen LogP contribution is -2.40. The molecule has 16 heavy (non-hydrogen) atoms. The van der Waals surface area contributed by atoms with Gasteiger partial charge < -0.3 is 5.11 Å². The van der Waals surface area contributed by atoms with Crippen molar-refractivity contribution in [2.75, 3.05) is 0 Å². The molecule has 0 spiro atoms. The van der Waals surface area contributed by atoms with Gasteiger partial charge in [-0.15, -0.1) is 0 Å². The molecule has 1 aromatic heterocycles. The topological polar surface area (TPSA) is 33.1 Å². The Bertz CT molecular complexity index is 370. The van der Waals surface area contributed by atoms with E-state index in [2.05, 4.69) is 4.98 Å². The van der Waals surface area contributed by atoms with Crippen LogP contribution in [0.2, 0.25) is 0 Å². The van der Waals surface area contributed by atoms with E-state index in [0.717, 1.165) is 25.6 Å². The molecule has 90 valence electrons. The van der Waals surface area contributed by atoms with Crippen LogP contribution < -0.4 is 0 Å². The van der Waals surface area contributed by atoms with Gasteiger partial charge in [0, 0.05) is 18.0 Å². The third kappa shape index (κ3) is 2.38. The summed E-state index contributed by atoms with van der Waals surface area (Å²) in [4.78, 5) is 3.79. The van der Waals surface area contributed by atoms with Crippen molar-refractivity contribution in [1.29, 1.82) is 0 Å². The van der Waals surface area contributed by atoms with E-state index >= 15 is 0 Å². The lowest BCUT2D eigenvalue weighted by Gasteiger charge is -2.29. The first kappa shape index (κ1) is 13.0. The van der Waals surface area contributed by atoms with Gasteiger partial charge in [-0.3, -0.25) is 4.98 Å². The third-order valence-corrected chi connectivity index (χ3v) is 2.56. The summed E-state index contributed by atoms with van der Waals surface area (Å²) < 4.78 is 27.6. The Kier molecular flexibility index (Phi) is 3.33. The number of nitrogens with zero attached hydrogens (tertiary/aromatic N) is 1. The average molecular weight is 229 g/mol. The Morgan fingerprint density at radius 1 is 1.25 bits per heavy atom. The molecule has 0 aliphatic carbocycles. The van der Waals surface area contributed by atoms with E-state index in [1.807, 2.05) is 13.8 Å². The number of halogens is 2. The maximum atomic E-state index is 13.8. The molecular formula is C12H17F2NO. The van der Waals surface area contributed by atoms with Gasteiger partial charge >= 0.3 is 5.92 Å². The maximum absolute atomic E-state index is 13.8. The summed E-state index contributed by atoms with van der Waals surface area (Å²) in [6.45, 7) is 6.00. The van der Waals surface area contributed by atoms with Gasteiger partial charge in [0.15, 0.2) is 0 Å². The number of hydrogen-bond donors (Lipinski definition) is 1. The molecule has 0 amide bonds. The molecule has 4 heteroatoms. The highest BCUT2D eigenvalue weighted by Crippen LogP contribution is 2.38. The van der Waals surface area contributed by atoms with Crippen molar-refractivity contribution in [1.82, 2.24) is 4.98 Å². The van der Waals surface area contributed by atoms with Gasteiger partial charge in [0.1, 0.15) is 5.60 Å². The van der Waals surface area contributed by atoms with Crippen LogP contribution in [0.25, 0.3) is 0 Å². The minimum Gasteiger partial charge on any atom is -0.384 e. The minimum atomic E-state index is -3.30. The molecule has 0 atom stereocenters. The third-order valence-electron chi connectivity index (χ3n) is 2.56. The maximum Gasteiger partial charge on any atom is 0.302 e. The van der Waals surface area contributed by atoms with Crippen molar-refractivity contribution < 1.29 is 13.9 Å². The predicted molar refractivity (Wildman–Crippen MR) is 58.5 cm³/mol. The number of aliphatic hydroxyl groups is 1. The summed E-state index contributed by atoms with van der Waals surface area (Å²) in [6, 6.07) is 1.40. The van der Waals surface area contributed by atoms with Crippen molar-refractivity contribution in [3.63, 3.8) is 0 Å². The van der Waals surface area contributed by atoms with Gasteiger partial charge in [-0.2, -0.15) is 8.78 Å². The molecule has 1 heterocycles. The Labute approximate surface area is 94.3 Å². The monoisotopic (exact) mass is 229 g/mol. The lowest BCUT2D eigenvalue weighted by atomic mass is 9.92. The number of pyridine rings is 1. The Balaban J connectivity index is 3.19. The number of aromatic nitrogens is 1.